The van der Waals surface area contributed by atoms with Crippen molar-refractivity contribution < 1.29 is 22.7 Å². The first-order valence-electron chi connectivity index (χ1n) is 8.75. The van der Waals surface area contributed by atoms with E-state index in [1.54, 1.807) is 36.4 Å². The van der Waals surface area contributed by atoms with Crippen LogP contribution < -0.4 is 15.8 Å². The Morgan fingerprint density at radius 3 is 2.38 bits per heavy atom. The summed E-state index contributed by atoms with van der Waals surface area (Å²) in [6.07, 6.45) is -4.55. The van der Waals surface area contributed by atoms with E-state index in [9.17, 15) is 18.0 Å². The van der Waals surface area contributed by atoms with Gasteiger partial charge in [-0.25, -0.2) is 9.48 Å². The van der Waals surface area contributed by atoms with Crippen LogP contribution in [0.4, 0.5) is 18.0 Å². The lowest BCUT2D eigenvalue weighted by Gasteiger charge is -2.10. The fraction of sp³-hybridized carbons (Fsp3) is 0.200. The summed E-state index contributed by atoms with van der Waals surface area (Å²) >= 11 is 0. The Morgan fingerprint density at radius 2 is 1.79 bits per heavy atom. The summed E-state index contributed by atoms with van der Waals surface area (Å²) in [7, 11) is 0. The minimum atomic E-state index is -4.55. The molecule has 3 rings (SSSR count). The summed E-state index contributed by atoms with van der Waals surface area (Å²) in [6, 6.07) is 14.0. The van der Waals surface area contributed by atoms with E-state index in [1.165, 1.54) is 4.68 Å². The molecule has 1 heterocycles. The van der Waals surface area contributed by atoms with Crippen LogP contribution in [-0.2, 0) is 6.18 Å². The quantitative estimate of drug-likeness (QED) is 0.611. The zero-order valence-electron chi connectivity index (χ0n) is 15.5. The summed E-state index contributed by atoms with van der Waals surface area (Å²) in [5, 5.41) is 6.16. The first-order valence-corrected chi connectivity index (χ1v) is 8.75. The van der Waals surface area contributed by atoms with Crippen LogP contribution in [-0.4, -0.2) is 29.0 Å². The molecule has 152 valence electrons. The van der Waals surface area contributed by atoms with Gasteiger partial charge in [-0.1, -0.05) is 17.7 Å². The number of halogens is 3. The van der Waals surface area contributed by atoms with E-state index < -0.39 is 17.9 Å². The highest BCUT2D eigenvalue weighted by Crippen LogP contribution is 2.33. The summed E-state index contributed by atoms with van der Waals surface area (Å²) in [6.45, 7) is 2.35. The highest BCUT2D eigenvalue weighted by molar-refractivity contribution is 5.71. The number of primary amides is 1. The fourth-order valence-electron chi connectivity index (χ4n) is 2.67. The molecule has 0 radical (unpaired) electrons. The number of hydrogen-bond acceptors (Lipinski definition) is 3. The second kappa shape index (κ2) is 8.26. The Kier molecular flexibility index (Phi) is 5.76. The van der Waals surface area contributed by atoms with Crippen LogP contribution in [0.2, 0.25) is 0 Å². The number of ether oxygens (including phenoxy) is 1. The maximum absolute atomic E-state index is 13.2. The number of aryl methyl sites for hydroxylation is 1. The van der Waals surface area contributed by atoms with Gasteiger partial charge in [-0.3, -0.25) is 0 Å². The third kappa shape index (κ3) is 5.07. The normalized spacial score (nSPS) is 11.3. The van der Waals surface area contributed by atoms with Crippen molar-refractivity contribution >= 4 is 6.03 Å². The van der Waals surface area contributed by atoms with E-state index in [-0.39, 0.29) is 13.2 Å². The van der Waals surface area contributed by atoms with Crippen LogP contribution in [0.1, 0.15) is 11.3 Å². The molecule has 1 aromatic heterocycles. The molecule has 29 heavy (non-hydrogen) atoms. The molecule has 6 nitrogen and oxygen atoms in total. The van der Waals surface area contributed by atoms with Crippen LogP contribution in [0.25, 0.3) is 16.9 Å². The summed E-state index contributed by atoms with van der Waals surface area (Å²) in [5.74, 6) is 0.512. The van der Waals surface area contributed by atoms with Crippen molar-refractivity contribution in [3.63, 3.8) is 0 Å². The minimum absolute atomic E-state index is 0.210. The highest BCUT2D eigenvalue weighted by Gasteiger charge is 2.35. The molecule has 0 saturated heterocycles. The topological polar surface area (TPSA) is 82.2 Å². The molecule has 3 N–H and O–H groups in total. The molecule has 9 heteroatoms. The molecule has 0 saturated carbocycles. The summed E-state index contributed by atoms with van der Waals surface area (Å²) in [5.41, 5.74) is 6.38. The van der Waals surface area contributed by atoms with Crippen LogP contribution in [0.15, 0.2) is 54.6 Å². The Balaban J connectivity index is 1.88. The molecule has 0 bridgehead atoms. The molecular formula is C20H19F3N4O2. The number of nitrogens with two attached hydrogens (primary N) is 1. The van der Waals surface area contributed by atoms with Crippen molar-refractivity contribution in [3.05, 3.63) is 65.9 Å². The van der Waals surface area contributed by atoms with Crippen LogP contribution in [0.5, 0.6) is 5.75 Å². The molecule has 0 atom stereocenters. The van der Waals surface area contributed by atoms with Gasteiger partial charge in [0.25, 0.3) is 0 Å². The lowest BCUT2D eigenvalue weighted by Crippen LogP contribution is -2.32. The number of rotatable bonds is 6. The monoisotopic (exact) mass is 404 g/mol. The number of carbonyl (C=O) groups is 1. The minimum Gasteiger partial charge on any atom is -0.492 e. The highest BCUT2D eigenvalue weighted by atomic mass is 19.4. The zero-order valence-corrected chi connectivity index (χ0v) is 15.5. The maximum atomic E-state index is 13.2. The summed E-state index contributed by atoms with van der Waals surface area (Å²) < 4.78 is 46.4. The number of nitrogens with zero attached hydrogens (tertiary/aromatic N) is 2. The smallest absolute Gasteiger partial charge is 0.435 e. The first-order chi connectivity index (χ1) is 13.7. The lowest BCUT2D eigenvalue weighted by atomic mass is 10.1. The lowest BCUT2D eigenvalue weighted by molar-refractivity contribution is -0.141. The average molecular weight is 404 g/mol. The predicted molar refractivity (Wildman–Crippen MR) is 102 cm³/mol. The first kappa shape index (κ1) is 20.2. The molecule has 0 aliphatic carbocycles. The van der Waals surface area contributed by atoms with Gasteiger partial charge in [0.05, 0.1) is 17.9 Å². The number of carbonyl (C=O) groups excluding carboxylic acids is 1. The predicted octanol–water partition coefficient (Wildman–Crippen LogP) is 3.91. The van der Waals surface area contributed by atoms with Crippen LogP contribution >= 0.6 is 0 Å². The number of benzene rings is 2. The standard InChI is InChI=1S/C20H19F3N4O2/c1-13-2-6-15(7-3-13)27-17(12-18(26-27)20(21,22)23)14-4-8-16(9-5-14)29-11-10-25-19(24)28/h2-9,12H,10-11H2,1H3,(H3,24,25,28). The number of hydrogen-bond donors (Lipinski definition) is 2. The Hall–Kier alpha value is -3.49. The van der Waals surface area contributed by atoms with Crippen LogP contribution in [0.3, 0.4) is 0 Å². The molecule has 2 aromatic carbocycles. The van der Waals surface area contributed by atoms with Crippen molar-refractivity contribution in [1.82, 2.24) is 15.1 Å². The van der Waals surface area contributed by atoms with E-state index >= 15 is 0 Å². The molecule has 2 amide bonds. The Labute approximate surface area is 165 Å². The largest absolute Gasteiger partial charge is 0.492 e. The van der Waals surface area contributed by atoms with E-state index in [0.29, 0.717) is 22.7 Å². The van der Waals surface area contributed by atoms with Crippen molar-refractivity contribution in [2.24, 2.45) is 5.73 Å². The SMILES string of the molecule is Cc1ccc(-n2nc(C(F)(F)F)cc2-c2ccc(OCCNC(N)=O)cc2)cc1. The van der Waals surface area contributed by atoms with E-state index in [4.69, 9.17) is 10.5 Å². The maximum Gasteiger partial charge on any atom is 0.435 e. The van der Waals surface area contributed by atoms with E-state index in [1.807, 2.05) is 19.1 Å². The molecule has 0 unspecified atom stereocenters. The third-order valence-corrected chi connectivity index (χ3v) is 4.10. The second-order valence-corrected chi connectivity index (χ2v) is 6.32. The fourth-order valence-corrected chi connectivity index (χ4v) is 2.67. The Morgan fingerprint density at radius 1 is 1.14 bits per heavy atom. The number of nitrogens with one attached hydrogen (secondary N) is 1. The van der Waals surface area contributed by atoms with Crippen molar-refractivity contribution in [3.8, 4) is 22.7 Å². The number of aromatic nitrogens is 2. The number of urea groups is 1. The average Bonchev–Trinajstić information content (AvgIpc) is 3.12. The number of alkyl halides is 3. The Bertz CT molecular complexity index is 980. The van der Waals surface area contributed by atoms with Gasteiger partial charge in [0.15, 0.2) is 5.69 Å². The van der Waals surface area contributed by atoms with Gasteiger partial charge in [-0.05, 0) is 49.4 Å². The van der Waals surface area contributed by atoms with Gasteiger partial charge in [-0.15, -0.1) is 0 Å². The number of amides is 2. The van der Waals surface area contributed by atoms with Crippen molar-refractivity contribution in [2.75, 3.05) is 13.2 Å². The molecule has 0 spiro atoms. The van der Waals surface area contributed by atoms with Crippen molar-refractivity contribution in [1.29, 1.82) is 0 Å². The third-order valence-electron chi connectivity index (χ3n) is 4.10. The molecule has 0 fully saturated rings. The van der Waals surface area contributed by atoms with Crippen molar-refractivity contribution in [2.45, 2.75) is 13.1 Å². The van der Waals surface area contributed by atoms with Gasteiger partial charge >= 0.3 is 12.2 Å². The van der Waals surface area contributed by atoms with Gasteiger partial charge < -0.3 is 15.8 Å². The zero-order chi connectivity index (χ0) is 21.0. The molecule has 0 aliphatic rings. The van der Waals surface area contributed by atoms with Crippen LogP contribution in [0, 0.1) is 6.92 Å². The van der Waals surface area contributed by atoms with E-state index in [0.717, 1.165) is 11.6 Å². The molecule has 0 aliphatic heterocycles. The van der Waals surface area contributed by atoms with Gasteiger partial charge in [0.2, 0.25) is 0 Å². The van der Waals surface area contributed by atoms with Gasteiger partial charge in [-0.2, -0.15) is 18.3 Å². The van der Waals surface area contributed by atoms with Gasteiger partial charge in [0, 0.05) is 5.56 Å². The second-order valence-electron chi connectivity index (χ2n) is 6.32. The summed E-state index contributed by atoms with van der Waals surface area (Å²) in [4.78, 5) is 10.6. The van der Waals surface area contributed by atoms with E-state index in [2.05, 4.69) is 10.4 Å². The molecule has 3 aromatic rings. The molecular weight excluding hydrogens is 385 g/mol. The van der Waals surface area contributed by atoms with Gasteiger partial charge in [0.1, 0.15) is 12.4 Å².